The van der Waals surface area contributed by atoms with Crippen molar-refractivity contribution >= 4 is 17.5 Å². The highest BCUT2D eigenvalue weighted by Crippen LogP contribution is 2.73. The molecule has 4 atom stereocenters. The Kier molecular flexibility index (Phi) is 2.47. The molecule has 0 radical (unpaired) electrons. The number of anilines is 1. The van der Waals surface area contributed by atoms with E-state index in [-0.39, 0.29) is 40.9 Å². The maximum absolute atomic E-state index is 13.0. The molecule has 0 N–H and O–H groups in total. The second-order valence-corrected chi connectivity index (χ2v) is 7.16. The number of imide groups is 1. The van der Waals surface area contributed by atoms with Gasteiger partial charge in [0.15, 0.2) is 0 Å². The molecule has 0 aromatic heterocycles. The van der Waals surface area contributed by atoms with E-state index in [1.54, 1.807) is 0 Å². The van der Waals surface area contributed by atoms with Gasteiger partial charge in [-0.1, -0.05) is 12.2 Å². The minimum Gasteiger partial charge on any atom is -0.494 e. The summed E-state index contributed by atoms with van der Waals surface area (Å²) in [6.07, 6.45) is 6.75. The van der Waals surface area contributed by atoms with E-state index >= 15 is 0 Å². The molecule has 3 fully saturated rings. The molecule has 1 spiro atoms. The largest absolute Gasteiger partial charge is 0.494 e. The number of allylic oxidation sites excluding steroid dienone is 2. The van der Waals surface area contributed by atoms with Crippen molar-refractivity contribution in [2.24, 2.45) is 29.1 Å². The summed E-state index contributed by atoms with van der Waals surface area (Å²) in [7, 11) is 0. The van der Waals surface area contributed by atoms with Crippen LogP contribution in [-0.4, -0.2) is 18.4 Å². The lowest BCUT2D eigenvalue weighted by Gasteiger charge is -2.21. The zero-order valence-electron chi connectivity index (χ0n) is 13.1. The van der Waals surface area contributed by atoms with Crippen LogP contribution in [0.25, 0.3) is 0 Å². The zero-order chi connectivity index (χ0) is 15.8. The maximum atomic E-state index is 13.0. The number of ether oxygens (including phenoxy) is 1. The Hall–Kier alpha value is -2.10. The summed E-state index contributed by atoms with van der Waals surface area (Å²) in [4.78, 5) is 27.3. The van der Waals surface area contributed by atoms with Crippen molar-refractivity contribution < 1.29 is 14.3 Å². The molecule has 1 aromatic rings. The van der Waals surface area contributed by atoms with E-state index in [2.05, 4.69) is 12.2 Å². The first-order chi connectivity index (χ1) is 11.2. The van der Waals surface area contributed by atoms with Gasteiger partial charge in [-0.05, 0) is 61.3 Å². The molecule has 2 saturated carbocycles. The quantitative estimate of drug-likeness (QED) is 0.637. The lowest BCUT2D eigenvalue weighted by molar-refractivity contribution is -0.123. The van der Waals surface area contributed by atoms with Crippen molar-refractivity contribution in [1.29, 1.82) is 0 Å². The molecule has 1 aromatic carbocycles. The topological polar surface area (TPSA) is 46.6 Å². The number of hydrogen-bond donors (Lipinski definition) is 0. The van der Waals surface area contributed by atoms with Crippen LogP contribution in [0.5, 0.6) is 5.75 Å². The van der Waals surface area contributed by atoms with Gasteiger partial charge in [-0.3, -0.25) is 14.5 Å². The van der Waals surface area contributed by atoms with Crippen LogP contribution < -0.4 is 9.64 Å². The summed E-state index contributed by atoms with van der Waals surface area (Å²) in [6, 6.07) is 7.26. The van der Waals surface area contributed by atoms with Crippen LogP contribution in [0.1, 0.15) is 19.8 Å². The Balaban J connectivity index is 1.48. The first-order valence-corrected chi connectivity index (χ1v) is 8.46. The summed E-state index contributed by atoms with van der Waals surface area (Å²) in [5.41, 5.74) is 0.924. The third kappa shape index (κ3) is 1.51. The molecule has 2 amide bonds. The van der Waals surface area contributed by atoms with Gasteiger partial charge in [-0.15, -0.1) is 0 Å². The smallest absolute Gasteiger partial charge is 0.238 e. The number of amides is 2. The van der Waals surface area contributed by atoms with Crippen molar-refractivity contribution in [1.82, 2.24) is 0 Å². The number of nitrogens with zero attached hydrogens (tertiary/aromatic N) is 1. The van der Waals surface area contributed by atoms with Gasteiger partial charge in [0.2, 0.25) is 11.8 Å². The third-order valence-electron chi connectivity index (χ3n) is 6.26. The minimum atomic E-state index is -0.133. The average Bonchev–Trinajstić information content (AvgIpc) is 3.15. The van der Waals surface area contributed by atoms with Crippen molar-refractivity contribution in [2.75, 3.05) is 11.5 Å². The number of carbonyl (C=O) groups excluding carboxylic acids is 2. The first-order valence-electron chi connectivity index (χ1n) is 8.46. The lowest BCUT2D eigenvalue weighted by atomic mass is 9.85. The van der Waals surface area contributed by atoms with Gasteiger partial charge < -0.3 is 4.74 Å². The van der Waals surface area contributed by atoms with Gasteiger partial charge in [0, 0.05) is 0 Å². The fourth-order valence-electron chi connectivity index (χ4n) is 5.19. The molecule has 5 rings (SSSR count). The van der Waals surface area contributed by atoms with Gasteiger partial charge in [0.1, 0.15) is 5.75 Å². The number of fused-ring (bicyclic) bond motifs is 3. The number of rotatable bonds is 3. The van der Waals surface area contributed by atoms with Crippen molar-refractivity contribution in [3.8, 4) is 5.75 Å². The predicted octanol–water partition coefficient (Wildman–Crippen LogP) is 2.79. The Labute approximate surface area is 135 Å². The van der Waals surface area contributed by atoms with E-state index in [1.807, 2.05) is 31.2 Å². The van der Waals surface area contributed by atoms with Gasteiger partial charge >= 0.3 is 0 Å². The van der Waals surface area contributed by atoms with E-state index in [9.17, 15) is 9.59 Å². The van der Waals surface area contributed by atoms with Gasteiger partial charge in [-0.25, -0.2) is 0 Å². The zero-order valence-corrected chi connectivity index (χ0v) is 13.1. The molecule has 4 heteroatoms. The van der Waals surface area contributed by atoms with Gasteiger partial charge in [-0.2, -0.15) is 0 Å². The molecule has 1 aliphatic heterocycles. The van der Waals surface area contributed by atoms with E-state index in [0.717, 1.165) is 5.75 Å². The Morgan fingerprint density at radius 1 is 1.04 bits per heavy atom. The van der Waals surface area contributed by atoms with Crippen LogP contribution in [-0.2, 0) is 9.59 Å². The van der Waals surface area contributed by atoms with Crippen LogP contribution in [0.3, 0.4) is 0 Å². The second-order valence-electron chi connectivity index (χ2n) is 7.16. The highest BCUT2D eigenvalue weighted by atomic mass is 16.5. The average molecular weight is 309 g/mol. The Morgan fingerprint density at radius 2 is 1.61 bits per heavy atom. The lowest BCUT2D eigenvalue weighted by Crippen LogP contribution is -2.34. The number of hydrogen-bond acceptors (Lipinski definition) is 3. The molecule has 2 bridgehead atoms. The maximum Gasteiger partial charge on any atom is 0.238 e. The van der Waals surface area contributed by atoms with Crippen LogP contribution in [0.4, 0.5) is 5.69 Å². The van der Waals surface area contributed by atoms with Crippen LogP contribution in [0.2, 0.25) is 0 Å². The molecule has 23 heavy (non-hydrogen) atoms. The molecule has 1 heterocycles. The van der Waals surface area contributed by atoms with E-state index < -0.39 is 0 Å². The Morgan fingerprint density at radius 3 is 2.09 bits per heavy atom. The molecule has 1 saturated heterocycles. The Bertz CT molecular complexity index is 697. The summed E-state index contributed by atoms with van der Waals surface area (Å²) >= 11 is 0. The van der Waals surface area contributed by atoms with Gasteiger partial charge in [0.05, 0.1) is 24.1 Å². The van der Waals surface area contributed by atoms with Crippen LogP contribution in [0.15, 0.2) is 36.4 Å². The van der Waals surface area contributed by atoms with E-state index in [1.165, 1.54) is 17.7 Å². The molecule has 4 aliphatic rings. The van der Waals surface area contributed by atoms with Crippen molar-refractivity contribution in [3.63, 3.8) is 0 Å². The minimum absolute atomic E-state index is 0.00714. The highest BCUT2D eigenvalue weighted by molar-refractivity contribution is 6.23. The number of benzene rings is 1. The first kappa shape index (κ1) is 13.3. The summed E-state index contributed by atoms with van der Waals surface area (Å²) in [6.45, 7) is 2.53. The molecule has 3 aliphatic carbocycles. The van der Waals surface area contributed by atoms with Crippen molar-refractivity contribution in [3.05, 3.63) is 36.4 Å². The molecular weight excluding hydrogens is 290 g/mol. The normalized spacial score (nSPS) is 35.3. The third-order valence-corrected chi connectivity index (χ3v) is 6.26. The predicted molar refractivity (Wildman–Crippen MR) is 84.9 cm³/mol. The summed E-state index contributed by atoms with van der Waals surface area (Å²) < 4.78 is 5.43. The van der Waals surface area contributed by atoms with Crippen LogP contribution >= 0.6 is 0 Å². The highest BCUT2D eigenvalue weighted by Gasteiger charge is 2.73. The van der Waals surface area contributed by atoms with E-state index in [0.29, 0.717) is 12.3 Å². The van der Waals surface area contributed by atoms with Gasteiger partial charge in [0.25, 0.3) is 0 Å². The van der Waals surface area contributed by atoms with Crippen molar-refractivity contribution in [2.45, 2.75) is 19.8 Å². The van der Waals surface area contributed by atoms with Crippen LogP contribution in [0, 0.1) is 29.1 Å². The van der Waals surface area contributed by atoms with E-state index in [4.69, 9.17) is 4.74 Å². The second kappa shape index (κ2) is 4.25. The molecule has 0 unspecified atom stereocenters. The molecule has 118 valence electrons. The fraction of sp³-hybridized carbons (Fsp3) is 0.474. The monoisotopic (exact) mass is 309 g/mol. The summed E-state index contributed by atoms with van der Waals surface area (Å²) in [5, 5.41) is 0. The molecule has 4 nitrogen and oxygen atoms in total. The molecular formula is C19H19NO3. The standard InChI is InChI=1S/C19H19NO3/c1-2-23-12-5-3-11(4-6-12)20-17(21)15-13-7-8-14(16(15)18(20)22)19(13)9-10-19/h3-8,13-16H,2,9-10H2,1H3/t13-,14-,15-,16-/m1/s1. The SMILES string of the molecule is CCOc1ccc(N2C(=O)[C@H]3[C@H](C2=O)[C@H]2C=C[C@H]3C23CC3)cc1. The summed E-state index contributed by atoms with van der Waals surface area (Å²) in [5.74, 6) is 1.04. The fourth-order valence-corrected chi connectivity index (χ4v) is 5.19. The number of carbonyl (C=O) groups is 2.